The molecule has 1 rings (SSSR count). The zero-order chi connectivity index (χ0) is 9.03. The van der Waals surface area contributed by atoms with Crippen molar-refractivity contribution >= 4 is 6.09 Å². The molecule has 3 heteroatoms. The Balaban J connectivity index is 2.53. The van der Waals surface area contributed by atoms with Crippen LogP contribution in [0.2, 0.25) is 0 Å². The van der Waals surface area contributed by atoms with Gasteiger partial charge in [-0.05, 0) is 32.1 Å². The molecule has 0 heterocycles. The van der Waals surface area contributed by atoms with Crippen LogP contribution in [-0.4, -0.2) is 11.7 Å². The van der Waals surface area contributed by atoms with Gasteiger partial charge < -0.3 is 10.5 Å². The minimum Gasteiger partial charge on any atom is -0.443 e. The smallest absolute Gasteiger partial charge is 0.405 e. The van der Waals surface area contributed by atoms with E-state index in [0.717, 1.165) is 32.1 Å². The molecule has 70 valence electrons. The van der Waals surface area contributed by atoms with Crippen LogP contribution >= 0.6 is 0 Å². The van der Waals surface area contributed by atoms with Crippen molar-refractivity contribution in [3.8, 4) is 0 Å². The number of primary amides is 1. The third-order valence-electron chi connectivity index (χ3n) is 2.73. The van der Waals surface area contributed by atoms with Crippen molar-refractivity contribution in [3.63, 3.8) is 0 Å². The second-order valence-electron chi connectivity index (χ2n) is 3.52. The summed E-state index contributed by atoms with van der Waals surface area (Å²) in [5.41, 5.74) is 4.79. The molecule has 0 aliphatic heterocycles. The molecule has 3 nitrogen and oxygen atoms in total. The Morgan fingerprint density at radius 2 is 2.00 bits per heavy atom. The number of nitrogens with two attached hydrogens (primary N) is 1. The highest BCUT2D eigenvalue weighted by Crippen LogP contribution is 2.34. The van der Waals surface area contributed by atoms with Crippen molar-refractivity contribution in [1.82, 2.24) is 0 Å². The first kappa shape index (κ1) is 9.36. The zero-order valence-electron chi connectivity index (χ0n) is 7.64. The highest BCUT2D eigenvalue weighted by molar-refractivity contribution is 5.65. The summed E-state index contributed by atoms with van der Waals surface area (Å²) in [5.74, 6) is 0. The van der Waals surface area contributed by atoms with Gasteiger partial charge in [0.05, 0.1) is 0 Å². The average molecular weight is 171 g/mol. The molecular weight excluding hydrogens is 154 g/mol. The molecule has 0 aromatic heterocycles. The lowest BCUT2D eigenvalue weighted by atomic mass is 9.83. The van der Waals surface area contributed by atoms with E-state index in [1.54, 1.807) is 0 Å². The fourth-order valence-corrected chi connectivity index (χ4v) is 1.94. The maximum Gasteiger partial charge on any atom is 0.405 e. The quantitative estimate of drug-likeness (QED) is 0.692. The molecule has 0 atom stereocenters. The van der Waals surface area contributed by atoms with Gasteiger partial charge in [-0.1, -0.05) is 13.3 Å². The number of amides is 1. The van der Waals surface area contributed by atoms with Crippen molar-refractivity contribution in [3.05, 3.63) is 0 Å². The van der Waals surface area contributed by atoms with E-state index in [1.807, 2.05) is 6.92 Å². The Labute approximate surface area is 73.3 Å². The molecule has 0 spiro atoms. The first-order valence-electron chi connectivity index (χ1n) is 4.67. The summed E-state index contributed by atoms with van der Waals surface area (Å²) in [6.07, 6.45) is 5.78. The minimum atomic E-state index is -0.626. The van der Waals surface area contributed by atoms with Gasteiger partial charge in [0, 0.05) is 0 Å². The summed E-state index contributed by atoms with van der Waals surface area (Å²) in [6, 6.07) is 0. The van der Waals surface area contributed by atoms with Crippen LogP contribution in [0.15, 0.2) is 0 Å². The van der Waals surface area contributed by atoms with E-state index in [2.05, 4.69) is 0 Å². The van der Waals surface area contributed by atoms with Crippen LogP contribution in [-0.2, 0) is 4.74 Å². The fourth-order valence-electron chi connectivity index (χ4n) is 1.94. The molecule has 0 saturated heterocycles. The molecule has 0 aromatic rings. The average Bonchev–Trinajstić information content (AvgIpc) is 2.05. The predicted molar refractivity (Wildman–Crippen MR) is 46.8 cm³/mol. The number of hydrogen-bond acceptors (Lipinski definition) is 2. The van der Waals surface area contributed by atoms with Crippen LogP contribution in [0.3, 0.4) is 0 Å². The summed E-state index contributed by atoms with van der Waals surface area (Å²) in [5, 5.41) is 0. The predicted octanol–water partition coefficient (Wildman–Crippen LogP) is 2.19. The van der Waals surface area contributed by atoms with Crippen LogP contribution < -0.4 is 5.73 Å². The van der Waals surface area contributed by atoms with Gasteiger partial charge in [0.25, 0.3) is 0 Å². The molecule has 0 radical (unpaired) electrons. The van der Waals surface area contributed by atoms with E-state index in [4.69, 9.17) is 10.5 Å². The first-order chi connectivity index (χ1) is 5.68. The van der Waals surface area contributed by atoms with Crippen molar-refractivity contribution in [2.75, 3.05) is 0 Å². The second kappa shape index (κ2) is 3.78. The molecule has 1 saturated carbocycles. The molecule has 0 unspecified atom stereocenters. The van der Waals surface area contributed by atoms with Crippen LogP contribution in [0, 0.1) is 0 Å². The Bertz CT molecular complexity index is 162. The highest BCUT2D eigenvalue weighted by Gasteiger charge is 2.33. The highest BCUT2D eigenvalue weighted by atomic mass is 16.6. The molecular formula is C9H17NO2. The van der Waals surface area contributed by atoms with Crippen LogP contribution in [0.4, 0.5) is 4.79 Å². The van der Waals surface area contributed by atoms with Gasteiger partial charge in [0.15, 0.2) is 0 Å². The van der Waals surface area contributed by atoms with Crippen LogP contribution in [0.5, 0.6) is 0 Å². The normalized spacial score (nSPS) is 21.8. The van der Waals surface area contributed by atoms with Crippen molar-refractivity contribution in [2.45, 2.75) is 51.0 Å². The largest absolute Gasteiger partial charge is 0.443 e. The third kappa shape index (κ3) is 2.13. The molecule has 1 fully saturated rings. The lowest BCUT2D eigenvalue weighted by Crippen LogP contribution is -2.38. The van der Waals surface area contributed by atoms with Gasteiger partial charge in [-0.25, -0.2) is 4.79 Å². The Kier molecular flexibility index (Phi) is 2.95. The topological polar surface area (TPSA) is 52.3 Å². The number of ether oxygens (including phenoxy) is 1. The van der Waals surface area contributed by atoms with Crippen LogP contribution in [0.25, 0.3) is 0 Å². The maximum atomic E-state index is 10.6. The van der Waals surface area contributed by atoms with Gasteiger partial charge in [0.2, 0.25) is 0 Å². The standard InChI is InChI=1S/C9H17NO2/c1-2-9(12-8(10)11)6-4-3-5-7-9/h2-7H2,1H3,(H2,10,11). The molecule has 0 bridgehead atoms. The van der Waals surface area contributed by atoms with Gasteiger partial charge in [-0.15, -0.1) is 0 Å². The zero-order valence-corrected chi connectivity index (χ0v) is 7.64. The van der Waals surface area contributed by atoms with Gasteiger partial charge in [-0.3, -0.25) is 0 Å². The molecule has 1 aliphatic carbocycles. The monoisotopic (exact) mass is 171 g/mol. The van der Waals surface area contributed by atoms with E-state index in [9.17, 15) is 4.79 Å². The van der Waals surface area contributed by atoms with E-state index in [1.165, 1.54) is 6.42 Å². The van der Waals surface area contributed by atoms with E-state index in [0.29, 0.717) is 0 Å². The second-order valence-corrected chi connectivity index (χ2v) is 3.52. The van der Waals surface area contributed by atoms with Crippen molar-refractivity contribution in [2.24, 2.45) is 5.73 Å². The van der Waals surface area contributed by atoms with E-state index < -0.39 is 6.09 Å². The van der Waals surface area contributed by atoms with E-state index >= 15 is 0 Å². The Hall–Kier alpha value is -0.730. The SMILES string of the molecule is CCC1(OC(N)=O)CCCCC1. The minimum absolute atomic E-state index is 0.232. The number of carbonyl (C=O) groups excluding carboxylic acids is 1. The maximum absolute atomic E-state index is 10.6. The Morgan fingerprint density at radius 1 is 1.42 bits per heavy atom. The first-order valence-corrected chi connectivity index (χ1v) is 4.67. The summed E-state index contributed by atoms with van der Waals surface area (Å²) >= 11 is 0. The summed E-state index contributed by atoms with van der Waals surface area (Å²) < 4.78 is 5.17. The summed E-state index contributed by atoms with van der Waals surface area (Å²) in [4.78, 5) is 10.6. The molecule has 0 aromatic carbocycles. The number of rotatable bonds is 2. The van der Waals surface area contributed by atoms with Crippen molar-refractivity contribution < 1.29 is 9.53 Å². The van der Waals surface area contributed by atoms with E-state index in [-0.39, 0.29) is 5.60 Å². The van der Waals surface area contributed by atoms with Crippen LogP contribution in [0.1, 0.15) is 45.4 Å². The Morgan fingerprint density at radius 3 is 2.42 bits per heavy atom. The fraction of sp³-hybridized carbons (Fsp3) is 0.889. The lowest BCUT2D eigenvalue weighted by molar-refractivity contribution is -0.0148. The lowest BCUT2D eigenvalue weighted by Gasteiger charge is -2.35. The molecule has 1 aliphatic rings. The molecule has 1 amide bonds. The number of hydrogen-bond donors (Lipinski definition) is 1. The summed E-state index contributed by atoms with van der Waals surface area (Å²) in [7, 11) is 0. The molecule has 12 heavy (non-hydrogen) atoms. The molecule has 2 N–H and O–H groups in total. The summed E-state index contributed by atoms with van der Waals surface area (Å²) in [6.45, 7) is 2.05. The van der Waals surface area contributed by atoms with Gasteiger partial charge in [0.1, 0.15) is 5.60 Å². The van der Waals surface area contributed by atoms with Crippen molar-refractivity contribution in [1.29, 1.82) is 0 Å². The third-order valence-corrected chi connectivity index (χ3v) is 2.73. The number of carbonyl (C=O) groups is 1. The van der Waals surface area contributed by atoms with Gasteiger partial charge in [-0.2, -0.15) is 0 Å². The van der Waals surface area contributed by atoms with Gasteiger partial charge >= 0.3 is 6.09 Å².